The maximum atomic E-state index is 12.1. The lowest BCUT2D eigenvalue weighted by atomic mass is 9.88. The van der Waals surface area contributed by atoms with Crippen molar-refractivity contribution in [2.24, 2.45) is 0 Å². The second kappa shape index (κ2) is 4.94. The normalized spacial score (nSPS) is 13.4. The summed E-state index contributed by atoms with van der Waals surface area (Å²) in [5, 5.41) is 8.67. The summed E-state index contributed by atoms with van der Waals surface area (Å²) < 4.78 is 10.2. The zero-order valence-corrected chi connectivity index (χ0v) is 10.5. The Morgan fingerprint density at radius 2 is 1.89 bits per heavy atom. The van der Waals surface area contributed by atoms with Gasteiger partial charge in [-0.15, -0.1) is 0 Å². The molecule has 0 unspecified atom stereocenters. The fourth-order valence-electron chi connectivity index (χ4n) is 1.98. The third-order valence-electron chi connectivity index (χ3n) is 2.89. The van der Waals surface area contributed by atoms with Crippen molar-refractivity contribution in [1.29, 1.82) is 5.26 Å². The van der Waals surface area contributed by atoms with Crippen LogP contribution < -0.4 is 9.47 Å². The average molecular weight is 257 g/mol. The summed E-state index contributed by atoms with van der Waals surface area (Å²) in [6.07, 6.45) is 1.44. The van der Waals surface area contributed by atoms with Gasteiger partial charge >= 0.3 is 0 Å². The highest BCUT2D eigenvalue weighted by atomic mass is 16.5. The Labute approximate surface area is 110 Å². The van der Waals surface area contributed by atoms with Crippen LogP contribution in [-0.2, 0) is 4.79 Å². The molecule has 1 aliphatic carbocycles. The molecule has 0 bridgehead atoms. The summed E-state index contributed by atoms with van der Waals surface area (Å²) >= 11 is 0. The number of rotatable bonds is 3. The highest BCUT2D eigenvalue weighted by Crippen LogP contribution is 2.34. The Kier molecular flexibility index (Phi) is 3.34. The first-order chi connectivity index (χ1) is 9.12. The number of nitriles is 1. The quantitative estimate of drug-likeness (QED) is 0.771. The van der Waals surface area contributed by atoms with E-state index in [1.807, 2.05) is 6.07 Å². The molecule has 0 N–H and O–H groups in total. The van der Waals surface area contributed by atoms with Crippen molar-refractivity contribution in [3.63, 3.8) is 0 Å². The number of carbonyl (C=O) groups is 2. The lowest BCUT2D eigenvalue weighted by Crippen LogP contribution is -2.22. The summed E-state index contributed by atoms with van der Waals surface area (Å²) in [7, 11) is 2.91. The zero-order chi connectivity index (χ0) is 14.0. The Morgan fingerprint density at radius 1 is 1.16 bits per heavy atom. The van der Waals surface area contributed by atoms with Crippen LogP contribution in [0.5, 0.6) is 11.5 Å². The van der Waals surface area contributed by atoms with Crippen molar-refractivity contribution >= 4 is 17.6 Å². The van der Waals surface area contributed by atoms with E-state index in [9.17, 15) is 9.59 Å². The van der Waals surface area contributed by atoms with Crippen LogP contribution in [0, 0.1) is 11.3 Å². The predicted octanol–water partition coefficient (Wildman–Crippen LogP) is 1.77. The zero-order valence-electron chi connectivity index (χ0n) is 10.5. The fourth-order valence-corrected chi connectivity index (χ4v) is 1.98. The van der Waals surface area contributed by atoms with Crippen LogP contribution in [0.15, 0.2) is 17.7 Å². The van der Waals surface area contributed by atoms with Gasteiger partial charge in [-0.2, -0.15) is 5.26 Å². The van der Waals surface area contributed by atoms with E-state index in [1.54, 1.807) is 12.1 Å². The number of Topliss-reactive ketones (excluding diaryl/α,β-unsaturated/α-hetero) is 2. The minimum Gasteiger partial charge on any atom is -0.497 e. The lowest BCUT2D eigenvalue weighted by Gasteiger charge is -2.17. The standard InChI is InChI=1S/C14H11NO4/c1-18-10-6-9-5-8(3-4-15)13(16)14(17)12(9)11(7-10)19-2/h5-7H,3H2,1-2H3. The number of hydrogen-bond donors (Lipinski definition) is 0. The number of nitrogens with zero attached hydrogens (tertiary/aromatic N) is 1. The second-order valence-corrected chi connectivity index (χ2v) is 3.96. The number of hydrogen-bond acceptors (Lipinski definition) is 5. The number of ketones is 2. The van der Waals surface area contributed by atoms with Crippen LogP contribution in [0.4, 0.5) is 0 Å². The highest BCUT2D eigenvalue weighted by molar-refractivity contribution is 6.52. The molecule has 0 saturated carbocycles. The summed E-state index contributed by atoms with van der Waals surface area (Å²) in [5.41, 5.74) is 0.941. The Hall–Kier alpha value is -2.61. The molecule has 1 aromatic rings. The van der Waals surface area contributed by atoms with E-state index in [-0.39, 0.29) is 17.6 Å². The van der Waals surface area contributed by atoms with Gasteiger partial charge in [0.25, 0.3) is 0 Å². The van der Waals surface area contributed by atoms with Gasteiger partial charge in [-0.25, -0.2) is 0 Å². The molecular formula is C14H11NO4. The van der Waals surface area contributed by atoms with Gasteiger partial charge in [-0.05, 0) is 17.7 Å². The average Bonchev–Trinajstić information content (AvgIpc) is 2.43. The van der Waals surface area contributed by atoms with Crippen LogP contribution in [-0.4, -0.2) is 25.8 Å². The van der Waals surface area contributed by atoms with Crippen molar-refractivity contribution in [1.82, 2.24) is 0 Å². The molecule has 0 atom stereocenters. The first-order valence-corrected chi connectivity index (χ1v) is 5.55. The van der Waals surface area contributed by atoms with E-state index >= 15 is 0 Å². The number of fused-ring (bicyclic) bond motifs is 1. The first-order valence-electron chi connectivity index (χ1n) is 5.55. The number of allylic oxidation sites excluding steroid dienone is 1. The third kappa shape index (κ3) is 2.08. The Morgan fingerprint density at radius 3 is 2.47 bits per heavy atom. The molecule has 1 aliphatic rings. The van der Waals surface area contributed by atoms with E-state index in [4.69, 9.17) is 14.7 Å². The topological polar surface area (TPSA) is 76.4 Å². The Bertz CT molecular complexity index is 638. The molecule has 0 fully saturated rings. The van der Waals surface area contributed by atoms with Gasteiger partial charge in [0.05, 0.1) is 32.3 Å². The van der Waals surface area contributed by atoms with Gasteiger partial charge in [0.15, 0.2) is 0 Å². The molecule has 2 rings (SSSR count). The van der Waals surface area contributed by atoms with Crippen LogP contribution in [0.1, 0.15) is 22.3 Å². The van der Waals surface area contributed by atoms with Crippen LogP contribution in [0.3, 0.4) is 0 Å². The van der Waals surface area contributed by atoms with Crippen molar-refractivity contribution in [3.8, 4) is 17.6 Å². The summed E-state index contributed by atoms with van der Waals surface area (Å²) in [5.74, 6) is -0.495. The maximum Gasteiger partial charge on any atom is 0.237 e. The van der Waals surface area contributed by atoms with Crippen molar-refractivity contribution in [2.45, 2.75) is 6.42 Å². The van der Waals surface area contributed by atoms with Crippen LogP contribution >= 0.6 is 0 Å². The predicted molar refractivity (Wildman–Crippen MR) is 67.1 cm³/mol. The molecule has 0 heterocycles. The van der Waals surface area contributed by atoms with Crippen molar-refractivity contribution in [2.75, 3.05) is 14.2 Å². The van der Waals surface area contributed by atoms with Crippen molar-refractivity contribution in [3.05, 3.63) is 28.8 Å². The molecule has 1 aromatic carbocycles. The van der Waals surface area contributed by atoms with Gasteiger partial charge in [-0.3, -0.25) is 9.59 Å². The molecule has 5 heteroatoms. The summed E-state index contributed by atoms with van der Waals surface area (Å²) in [6.45, 7) is 0. The molecule has 0 aliphatic heterocycles. The summed E-state index contributed by atoms with van der Waals surface area (Å²) in [4.78, 5) is 23.9. The SMILES string of the molecule is COc1cc2c(c(OC)c1)C(=O)C(=O)C(CC#N)=C2. The third-order valence-corrected chi connectivity index (χ3v) is 2.89. The molecule has 96 valence electrons. The van der Waals surface area contributed by atoms with Gasteiger partial charge in [0.1, 0.15) is 11.5 Å². The van der Waals surface area contributed by atoms with E-state index in [2.05, 4.69) is 0 Å². The smallest absolute Gasteiger partial charge is 0.237 e. The van der Waals surface area contributed by atoms with Gasteiger partial charge < -0.3 is 9.47 Å². The second-order valence-electron chi connectivity index (χ2n) is 3.96. The van der Waals surface area contributed by atoms with Gasteiger partial charge in [0.2, 0.25) is 11.6 Å². The molecule has 0 saturated heterocycles. The molecule has 19 heavy (non-hydrogen) atoms. The molecule has 0 spiro atoms. The lowest BCUT2D eigenvalue weighted by molar-refractivity contribution is -0.111. The van der Waals surface area contributed by atoms with Crippen molar-refractivity contribution < 1.29 is 19.1 Å². The number of ether oxygens (including phenoxy) is 2. The van der Waals surface area contributed by atoms with E-state index in [0.717, 1.165) is 0 Å². The van der Waals surface area contributed by atoms with Gasteiger partial charge in [0, 0.05) is 11.6 Å². The minimum atomic E-state index is -0.655. The van der Waals surface area contributed by atoms with Crippen LogP contribution in [0.25, 0.3) is 6.08 Å². The largest absolute Gasteiger partial charge is 0.497 e. The van der Waals surface area contributed by atoms with E-state index in [0.29, 0.717) is 17.1 Å². The Balaban J connectivity index is 2.68. The number of carbonyl (C=O) groups excluding carboxylic acids is 2. The monoisotopic (exact) mass is 257 g/mol. The molecular weight excluding hydrogens is 246 g/mol. The number of methoxy groups -OCH3 is 2. The van der Waals surface area contributed by atoms with Gasteiger partial charge in [-0.1, -0.05) is 0 Å². The van der Waals surface area contributed by atoms with E-state index < -0.39 is 11.6 Å². The molecule has 0 radical (unpaired) electrons. The minimum absolute atomic E-state index is 0.0937. The molecule has 0 amide bonds. The first kappa shape index (κ1) is 12.8. The van der Waals surface area contributed by atoms with Crippen LogP contribution in [0.2, 0.25) is 0 Å². The highest BCUT2D eigenvalue weighted by Gasteiger charge is 2.30. The van der Waals surface area contributed by atoms with E-state index in [1.165, 1.54) is 20.3 Å². The number of benzene rings is 1. The molecule has 5 nitrogen and oxygen atoms in total. The molecule has 0 aromatic heterocycles. The summed E-state index contributed by atoms with van der Waals surface area (Å²) in [6, 6.07) is 5.06. The fraction of sp³-hybridized carbons (Fsp3) is 0.214. The maximum absolute atomic E-state index is 12.1.